The van der Waals surface area contributed by atoms with Crippen LogP contribution < -0.4 is 20.7 Å². The van der Waals surface area contributed by atoms with Crippen molar-refractivity contribution in [3.8, 4) is 11.5 Å². The molecule has 4 amide bonds. The fourth-order valence-electron chi connectivity index (χ4n) is 7.05. The first kappa shape index (κ1) is 44.4. The summed E-state index contributed by atoms with van der Waals surface area (Å²) in [6.45, 7) is 4.43. The van der Waals surface area contributed by atoms with Crippen LogP contribution in [0.2, 0.25) is 0 Å². The number of aromatic amines is 1. The molecule has 1 aliphatic rings. The average molecular weight is 809 g/mol. The fourth-order valence-corrected chi connectivity index (χ4v) is 7.05. The number of unbranched alkanes of at least 4 members (excludes halogenated alkanes) is 8. The minimum Gasteiger partial charge on any atom is -0.508 e. The third-order valence-electron chi connectivity index (χ3n) is 10.5. The first-order valence-electron chi connectivity index (χ1n) is 21.1. The second kappa shape index (κ2) is 24.3. The van der Waals surface area contributed by atoms with E-state index in [-0.39, 0.29) is 30.9 Å². The van der Waals surface area contributed by atoms with Crippen molar-refractivity contribution in [2.24, 2.45) is 0 Å². The smallest absolute Gasteiger partial charge is 0.251 e. The number of carbonyl (C=O) groups excluding carboxylic acids is 4. The van der Waals surface area contributed by atoms with Gasteiger partial charge in [0, 0.05) is 49.8 Å². The quantitative estimate of drug-likeness (QED) is 0.0563. The normalized spacial score (nSPS) is 14.2. The summed E-state index contributed by atoms with van der Waals surface area (Å²) < 4.78 is 11.4. The van der Waals surface area contributed by atoms with E-state index in [1.165, 1.54) is 63.4 Å². The average Bonchev–Trinajstić information content (AvgIpc) is 3.78. The molecule has 0 spiro atoms. The number of aromatic nitrogens is 2. The molecule has 0 aliphatic carbocycles. The molecule has 2 heterocycles. The molecule has 13 heteroatoms. The van der Waals surface area contributed by atoms with Gasteiger partial charge in [-0.2, -0.15) is 0 Å². The number of nitrogens with zero attached hydrogens (tertiary/aromatic N) is 2. The van der Waals surface area contributed by atoms with Gasteiger partial charge in [-0.15, -0.1) is 0 Å². The summed E-state index contributed by atoms with van der Waals surface area (Å²) in [5, 5.41) is 18.6. The molecular formula is C46H60N6O7. The molecule has 1 fully saturated rings. The number of H-pyrrole nitrogens is 1. The second-order valence-electron chi connectivity index (χ2n) is 15.1. The third-order valence-corrected chi connectivity index (χ3v) is 10.5. The zero-order valence-electron chi connectivity index (χ0n) is 34.2. The monoisotopic (exact) mass is 808 g/mol. The van der Waals surface area contributed by atoms with Crippen LogP contribution in [0.15, 0.2) is 91.4 Å². The number of phenolic OH excluding ortho intramolecular Hbond substituents is 1. The Balaban J connectivity index is 1.25. The largest absolute Gasteiger partial charge is 0.508 e. The van der Waals surface area contributed by atoms with E-state index >= 15 is 0 Å². The highest BCUT2D eigenvalue weighted by molar-refractivity contribution is 5.99. The van der Waals surface area contributed by atoms with Crippen molar-refractivity contribution in [2.45, 2.75) is 102 Å². The van der Waals surface area contributed by atoms with Crippen LogP contribution in [0.3, 0.4) is 0 Å². The van der Waals surface area contributed by atoms with Crippen LogP contribution >= 0.6 is 0 Å². The number of imidazole rings is 1. The number of benzene rings is 3. The number of ether oxygens (including phenoxy) is 2. The molecule has 0 unspecified atom stereocenters. The third kappa shape index (κ3) is 15.2. The van der Waals surface area contributed by atoms with Crippen molar-refractivity contribution < 1.29 is 33.8 Å². The highest BCUT2D eigenvalue weighted by atomic mass is 16.5. The topological polar surface area (TPSA) is 175 Å². The lowest BCUT2D eigenvalue weighted by atomic mass is 10.0. The van der Waals surface area contributed by atoms with E-state index in [1.54, 1.807) is 47.5 Å². The van der Waals surface area contributed by atoms with Gasteiger partial charge in [0.15, 0.2) is 0 Å². The predicted octanol–water partition coefficient (Wildman–Crippen LogP) is 5.68. The molecule has 5 N–H and O–H groups in total. The Kier molecular flexibility index (Phi) is 18.3. The number of morpholine rings is 1. The van der Waals surface area contributed by atoms with Gasteiger partial charge in [-0.05, 0) is 53.9 Å². The predicted molar refractivity (Wildman–Crippen MR) is 226 cm³/mol. The lowest BCUT2D eigenvalue weighted by Gasteiger charge is -2.32. The van der Waals surface area contributed by atoms with E-state index in [4.69, 9.17) is 9.47 Å². The summed E-state index contributed by atoms with van der Waals surface area (Å²) in [6.07, 6.45) is 14.4. The van der Waals surface area contributed by atoms with E-state index in [0.29, 0.717) is 55.5 Å². The van der Waals surface area contributed by atoms with Crippen molar-refractivity contribution in [3.05, 3.63) is 114 Å². The molecular weight excluding hydrogens is 749 g/mol. The molecule has 316 valence electrons. The van der Waals surface area contributed by atoms with Gasteiger partial charge in [0.05, 0.1) is 26.1 Å². The zero-order valence-corrected chi connectivity index (χ0v) is 34.2. The Labute approximate surface area is 347 Å². The van der Waals surface area contributed by atoms with E-state index in [2.05, 4.69) is 32.8 Å². The Morgan fingerprint density at radius 1 is 0.729 bits per heavy atom. The molecule has 0 bridgehead atoms. The van der Waals surface area contributed by atoms with Gasteiger partial charge in [-0.25, -0.2) is 4.98 Å². The molecule has 0 radical (unpaired) electrons. The van der Waals surface area contributed by atoms with Crippen molar-refractivity contribution in [1.29, 1.82) is 0 Å². The van der Waals surface area contributed by atoms with E-state index in [0.717, 1.165) is 18.4 Å². The summed E-state index contributed by atoms with van der Waals surface area (Å²) in [6, 6.07) is 19.4. The molecule has 1 aliphatic heterocycles. The fraction of sp³-hybridized carbons (Fsp3) is 0.457. The van der Waals surface area contributed by atoms with Crippen molar-refractivity contribution in [3.63, 3.8) is 0 Å². The van der Waals surface area contributed by atoms with E-state index < -0.39 is 35.8 Å². The second-order valence-corrected chi connectivity index (χ2v) is 15.1. The number of hydrogen-bond donors (Lipinski definition) is 5. The molecule has 1 aromatic heterocycles. The lowest BCUT2D eigenvalue weighted by Crippen LogP contribution is -2.59. The Bertz CT molecular complexity index is 1850. The Hall–Kier alpha value is -5.69. The highest BCUT2D eigenvalue weighted by Gasteiger charge is 2.32. The van der Waals surface area contributed by atoms with Crippen LogP contribution in [0.5, 0.6) is 11.5 Å². The number of rotatable bonds is 24. The maximum atomic E-state index is 14.3. The molecule has 59 heavy (non-hydrogen) atoms. The number of hydrogen-bond acceptors (Lipinski definition) is 8. The van der Waals surface area contributed by atoms with Crippen molar-refractivity contribution in [1.82, 2.24) is 30.8 Å². The standard InChI is InChI=1S/C46H60N6O7/c1-2-3-4-5-6-7-8-9-13-26-59-39-22-18-36(19-23-39)43(54)49-41(31-37-32-47-33-48-37)45(56)50-40(29-35-16-20-38(53)21-17-35)44(55)51-42(30-34-14-11-10-12-15-34)46(57)52-24-27-58-28-25-52/h10-12,14-23,32-33,40-42,53H,2-9,13,24-31H2,1H3,(H,47,48)(H,49,54)(H,50,56)(H,51,55)/t40-,41-,42-/m0/s1. The molecule has 3 atom stereocenters. The van der Waals surface area contributed by atoms with Gasteiger partial charge < -0.3 is 40.4 Å². The minimum absolute atomic E-state index is 0.0485. The summed E-state index contributed by atoms with van der Waals surface area (Å²) >= 11 is 0. The van der Waals surface area contributed by atoms with Gasteiger partial charge >= 0.3 is 0 Å². The van der Waals surface area contributed by atoms with Crippen molar-refractivity contribution >= 4 is 23.6 Å². The number of phenols is 1. The number of aromatic hydroxyl groups is 1. The van der Waals surface area contributed by atoms with Crippen LogP contribution in [0.4, 0.5) is 0 Å². The van der Waals surface area contributed by atoms with Gasteiger partial charge in [-0.1, -0.05) is 101 Å². The first-order valence-corrected chi connectivity index (χ1v) is 21.1. The summed E-state index contributed by atoms with van der Waals surface area (Å²) in [7, 11) is 0. The molecule has 0 saturated carbocycles. The Morgan fingerprint density at radius 3 is 1.97 bits per heavy atom. The van der Waals surface area contributed by atoms with Gasteiger partial charge in [0.1, 0.15) is 29.6 Å². The summed E-state index contributed by atoms with van der Waals surface area (Å²) in [5.74, 6) is -1.18. The van der Waals surface area contributed by atoms with Crippen LogP contribution in [-0.4, -0.2) is 94.6 Å². The van der Waals surface area contributed by atoms with Crippen LogP contribution in [0.25, 0.3) is 0 Å². The lowest BCUT2D eigenvalue weighted by molar-refractivity contribution is -0.140. The van der Waals surface area contributed by atoms with E-state index in [9.17, 15) is 24.3 Å². The molecule has 5 rings (SSSR count). The molecule has 1 saturated heterocycles. The van der Waals surface area contributed by atoms with Crippen LogP contribution in [0, 0.1) is 0 Å². The van der Waals surface area contributed by atoms with Crippen LogP contribution in [-0.2, 0) is 38.4 Å². The zero-order chi connectivity index (χ0) is 41.7. The van der Waals surface area contributed by atoms with Crippen molar-refractivity contribution in [2.75, 3.05) is 32.9 Å². The summed E-state index contributed by atoms with van der Waals surface area (Å²) in [4.78, 5) is 64.7. The first-order chi connectivity index (χ1) is 28.8. The summed E-state index contributed by atoms with van der Waals surface area (Å²) in [5.41, 5.74) is 2.46. The number of nitrogens with one attached hydrogen (secondary N) is 4. The van der Waals surface area contributed by atoms with Gasteiger partial charge in [0.2, 0.25) is 17.7 Å². The van der Waals surface area contributed by atoms with Gasteiger partial charge in [-0.3, -0.25) is 19.2 Å². The minimum atomic E-state index is -1.15. The van der Waals surface area contributed by atoms with E-state index in [1.807, 2.05) is 30.3 Å². The molecule has 3 aromatic carbocycles. The number of amides is 4. The maximum Gasteiger partial charge on any atom is 0.251 e. The maximum absolute atomic E-state index is 14.3. The van der Waals surface area contributed by atoms with Crippen LogP contribution in [0.1, 0.15) is 91.9 Å². The SMILES string of the molecule is CCCCCCCCCCCOc1ccc(C(=O)N[C@@H](Cc2cnc[nH]2)C(=O)N[C@@H](Cc2ccc(O)cc2)C(=O)N[C@@H](Cc2ccccc2)C(=O)N2CCOCC2)cc1. The Morgan fingerprint density at radius 2 is 1.32 bits per heavy atom. The number of carbonyl (C=O) groups is 4. The highest BCUT2D eigenvalue weighted by Crippen LogP contribution is 2.16. The molecule has 13 nitrogen and oxygen atoms in total. The van der Waals surface area contributed by atoms with Gasteiger partial charge in [0.25, 0.3) is 5.91 Å². The molecule has 4 aromatic rings.